The van der Waals surface area contributed by atoms with Gasteiger partial charge in [0.05, 0.1) is 19.2 Å². The summed E-state index contributed by atoms with van der Waals surface area (Å²) in [7, 11) is 1.59. The predicted octanol–water partition coefficient (Wildman–Crippen LogP) is 4.56. The van der Waals surface area contributed by atoms with Gasteiger partial charge in [-0.3, -0.25) is 14.5 Å². The number of benzene rings is 2. The molecular formula is C26H31ClN4O3S. The van der Waals surface area contributed by atoms with E-state index in [-0.39, 0.29) is 18.2 Å². The number of piperidine rings is 1. The van der Waals surface area contributed by atoms with Gasteiger partial charge in [-0.1, -0.05) is 18.0 Å². The van der Waals surface area contributed by atoms with Gasteiger partial charge in [0.15, 0.2) is 5.11 Å². The fourth-order valence-electron chi connectivity index (χ4n) is 4.62. The van der Waals surface area contributed by atoms with Gasteiger partial charge in [-0.25, -0.2) is 0 Å². The second-order valence-corrected chi connectivity index (χ2v) is 9.68. The minimum absolute atomic E-state index is 0.0127. The van der Waals surface area contributed by atoms with Gasteiger partial charge < -0.3 is 19.9 Å². The number of carbonyl (C=O) groups excluding carboxylic acids is 2. The minimum atomic E-state index is -0.655. The predicted molar refractivity (Wildman–Crippen MR) is 143 cm³/mol. The summed E-state index contributed by atoms with van der Waals surface area (Å²) in [6.45, 7) is 3.81. The molecule has 2 saturated heterocycles. The summed E-state index contributed by atoms with van der Waals surface area (Å²) in [5.41, 5.74) is 1.30. The monoisotopic (exact) mass is 514 g/mol. The maximum atomic E-state index is 13.5. The number of nitrogens with one attached hydrogen (secondary N) is 1. The molecule has 2 heterocycles. The Kier molecular flexibility index (Phi) is 8.59. The van der Waals surface area contributed by atoms with Crippen LogP contribution in [-0.4, -0.2) is 66.1 Å². The molecule has 7 nitrogen and oxygen atoms in total. The van der Waals surface area contributed by atoms with Crippen LogP contribution in [0.5, 0.6) is 5.75 Å². The molecule has 1 atom stereocenters. The number of methoxy groups -OCH3 is 1. The molecule has 4 rings (SSSR count). The van der Waals surface area contributed by atoms with Crippen molar-refractivity contribution in [2.75, 3.05) is 43.5 Å². The van der Waals surface area contributed by atoms with E-state index in [9.17, 15) is 9.59 Å². The number of carbonyl (C=O) groups is 2. The number of nitrogens with zero attached hydrogens (tertiary/aromatic N) is 3. The molecule has 0 saturated carbocycles. The Labute approximate surface area is 217 Å². The summed E-state index contributed by atoms with van der Waals surface area (Å²) in [5, 5.41) is 3.90. The van der Waals surface area contributed by atoms with E-state index in [2.05, 4.69) is 10.2 Å². The number of likely N-dealkylation sites (tertiary alicyclic amines) is 1. The van der Waals surface area contributed by atoms with Crippen molar-refractivity contribution in [1.29, 1.82) is 0 Å². The van der Waals surface area contributed by atoms with Gasteiger partial charge >= 0.3 is 0 Å². The lowest BCUT2D eigenvalue weighted by atomic mass is 10.1. The summed E-state index contributed by atoms with van der Waals surface area (Å²) in [6.07, 6.45) is 4.65. The molecule has 1 N–H and O–H groups in total. The van der Waals surface area contributed by atoms with Crippen LogP contribution in [0.1, 0.15) is 32.1 Å². The van der Waals surface area contributed by atoms with Crippen LogP contribution >= 0.6 is 23.8 Å². The summed E-state index contributed by atoms with van der Waals surface area (Å²) < 4.78 is 5.17. The number of hydrogen-bond acceptors (Lipinski definition) is 5. The molecule has 2 aliphatic heterocycles. The third kappa shape index (κ3) is 6.31. The van der Waals surface area contributed by atoms with Crippen LogP contribution < -0.4 is 15.0 Å². The molecule has 2 fully saturated rings. The van der Waals surface area contributed by atoms with Crippen molar-refractivity contribution in [3.8, 4) is 5.75 Å². The fraction of sp³-hybridized carbons (Fsp3) is 0.423. The summed E-state index contributed by atoms with van der Waals surface area (Å²) >= 11 is 11.8. The van der Waals surface area contributed by atoms with Crippen LogP contribution in [0.15, 0.2) is 48.5 Å². The Bertz CT molecular complexity index is 1040. The van der Waals surface area contributed by atoms with Crippen LogP contribution in [0.25, 0.3) is 0 Å². The summed E-state index contributed by atoms with van der Waals surface area (Å²) in [4.78, 5) is 32.3. The second-order valence-electron chi connectivity index (χ2n) is 8.88. The van der Waals surface area contributed by atoms with E-state index < -0.39 is 6.04 Å². The van der Waals surface area contributed by atoms with Crippen molar-refractivity contribution in [3.05, 3.63) is 53.6 Å². The zero-order valence-electron chi connectivity index (χ0n) is 19.9. The third-order valence-electron chi connectivity index (χ3n) is 6.48. The van der Waals surface area contributed by atoms with E-state index in [4.69, 9.17) is 28.6 Å². The smallest absolute Gasteiger partial charge is 0.256 e. The van der Waals surface area contributed by atoms with Gasteiger partial charge in [-0.2, -0.15) is 0 Å². The number of hydrogen-bond donors (Lipinski definition) is 1. The van der Waals surface area contributed by atoms with Crippen molar-refractivity contribution in [2.45, 2.75) is 38.1 Å². The first-order chi connectivity index (χ1) is 17.0. The number of rotatable bonds is 9. The van der Waals surface area contributed by atoms with Crippen molar-refractivity contribution in [1.82, 2.24) is 9.80 Å². The van der Waals surface area contributed by atoms with E-state index in [1.165, 1.54) is 24.2 Å². The van der Waals surface area contributed by atoms with Crippen molar-refractivity contribution >= 4 is 52.1 Å². The molecule has 186 valence electrons. The molecule has 2 aliphatic rings. The number of thiocarbonyl (C=S) groups is 1. The Morgan fingerprint density at radius 2 is 1.74 bits per heavy atom. The molecular weight excluding hydrogens is 484 g/mol. The second kappa shape index (κ2) is 11.8. The maximum absolute atomic E-state index is 13.5. The lowest BCUT2D eigenvalue weighted by Gasteiger charge is -2.28. The minimum Gasteiger partial charge on any atom is -0.497 e. The average Bonchev–Trinajstić information content (AvgIpc) is 3.09. The zero-order chi connectivity index (χ0) is 24.8. The molecule has 35 heavy (non-hydrogen) atoms. The molecule has 0 aromatic heterocycles. The maximum Gasteiger partial charge on any atom is 0.256 e. The van der Waals surface area contributed by atoms with E-state index in [0.717, 1.165) is 26.1 Å². The van der Waals surface area contributed by atoms with E-state index >= 15 is 0 Å². The zero-order valence-corrected chi connectivity index (χ0v) is 21.5. The van der Waals surface area contributed by atoms with Crippen molar-refractivity contribution in [3.63, 3.8) is 0 Å². The highest BCUT2D eigenvalue weighted by Gasteiger charge is 2.43. The van der Waals surface area contributed by atoms with Gasteiger partial charge in [0.25, 0.3) is 5.91 Å². The first-order valence-electron chi connectivity index (χ1n) is 12.0. The average molecular weight is 515 g/mol. The molecule has 2 amide bonds. The molecule has 0 aliphatic carbocycles. The SMILES string of the molecule is COc1ccc(NC(=O)C[C@@H]2C(=O)N(c3ccc(Cl)cc3)C(=S)N2CCCN2CCCCC2)cc1. The topological polar surface area (TPSA) is 65.1 Å². The van der Waals surface area contributed by atoms with E-state index in [1.54, 1.807) is 55.6 Å². The first kappa shape index (κ1) is 25.4. The van der Waals surface area contributed by atoms with Crippen LogP contribution in [-0.2, 0) is 9.59 Å². The highest BCUT2D eigenvalue weighted by Crippen LogP contribution is 2.29. The van der Waals surface area contributed by atoms with Gasteiger partial charge in [-0.05, 0) is 99.6 Å². The van der Waals surface area contributed by atoms with Gasteiger partial charge in [-0.15, -0.1) is 0 Å². The number of halogens is 1. The molecule has 0 spiro atoms. The Morgan fingerprint density at radius 3 is 2.40 bits per heavy atom. The molecule has 0 radical (unpaired) electrons. The Morgan fingerprint density at radius 1 is 1.06 bits per heavy atom. The lowest BCUT2D eigenvalue weighted by molar-refractivity contribution is -0.124. The van der Waals surface area contributed by atoms with Gasteiger partial charge in [0.1, 0.15) is 11.8 Å². The van der Waals surface area contributed by atoms with E-state index in [0.29, 0.717) is 33.8 Å². The highest BCUT2D eigenvalue weighted by atomic mass is 35.5. The summed E-state index contributed by atoms with van der Waals surface area (Å²) in [5.74, 6) is 0.272. The van der Waals surface area contributed by atoms with E-state index in [1.807, 2.05) is 4.90 Å². The van der Waals surface area contributed by atoms with Crippen LogP contribution in [0.4, 0.5) is 11.4 Å². The number of amides is 2. The molecule has 2 aromatic carbocycles. The van der Waals surface area contributed by atoms with Crippen LogP contribution in [0.2, 0.25) is 5.02 Å². The molecule has 9 heteroatoms. The normalized spacial score (nSPS) is 18.7. The molecule has 0 unspecified atom stereocenters. The molecule has 0 bridgehead atoms. The van der Waals surface area contributed by atoms with Crippen molar-refractivity contribution < 1.29 is 14.3 Å². The highest BCUT2D eigenvalue weighted by molar-refractivity contribution is 7.80. The fourth-order valence-corrected chi connectivity index (χ4v) is 5.16. The molecule has 2 aromatic rings. The van der Waals surface area contributed by atoms with Gasteiger partial charge in [0, 0.05) is 17.3 Å². The Hall–Kier alpha value is -2.68. The van der Waals surface area contributed by atoms with Crippen LogP contribution in [0, 0.1) is 0 Å². The third-order valence-corrected chi connectivity index (χ3v) is 7.15. The largest absolute Gasteiger partial charge is 0.497 e. The summed E-state index contributed by atoms with van der Waals surface area (Å²) in [6, 6.07) is 13.5. The standard InChI is InChI=1S/C26H31ClN4O3S/c1-34-22-12-8-20(9-13-22)28-24(32)18-23-25(33)31(21-10-6-19(27)7-11-21)26(35)30(23)17-5-16-29-14-3-2-4-15-29/h6-13,23H,2-5,14-18H2,1H3,(H,28,32)/t23-/m1/s1. The first-order valence-corrected chi connectivity index (χ1v) is 12.8. The van der Waals surface area contributed by atoms with Crippen LogP contribution in [0.3, 0.4) is 0 Å². The lowest BCUT2D eigenvalue weighted by Crippen LogP contribution is -2.40. The number of ether oxygens (including phenoxy) is 1. The number of anilines is 2. The van der Waals surface area contributed by atoms with Crippen molar-refractivity contribution in [2.24, 2.45) is 0 Å². The Balaban J connectivity index is 1.46. The van der Waals surface area contributed by atoms with Gasteiger partial charge in [0.2, 0.25) is 5.91 Å². The quantitative estimate of drug-likeness (QED) is 0.495.